The minimum atomic E-state index is 0.344. The monoisotopic (exact) mass is 287 g/mol. The number of aryl methyl sites for hydroxylation is 1. The molecule has 1 aromatic heterocycles. The zero-order valence-electron chi connectivity index (χ0n) is 10.8. The van der Waals surface area contributed by atoms with E-state index in [0.29, 0.717) is 17.9 Å². The van der Waals surface area contributed by atoms with Gasteiger partial charge in [-0.2, -0.15) is 5.10 Å². The second-order valence-electron chi connectivity index (χ2n) is 4.56. The molecular weight excluding hydrogens is 266 g/mol. The van der Waals surface area contributed by atoms with E-state index in [0.717, 1.165) is 11.0 Å². The van der Waals surface area contributed by atoms with Gasteiger partial charge in [0.25, 0.3) is 0 Å². The van der Waals surface area contributed by atoms with Gasteiger partial charge in [-0.15, -0.1) is 0 Å². The van der Waals surface area contributed by atoms with Crippen LogP contribution in [0.1, 0.15) is 39.4 Å². The van der Waals surface area contributed by atoms with Crippen molar-refractivity contribution < 1.29 is 0 Å². The number of hydrogen-bond donors (Lipinski definition) is 1. The summed E-state index contributed by atoms with van der Waals surface area (Å²) in [7, 11) is 2.02. The van der Waals surface area contributed by atoms with Crippen LogP contribution in [0.5, 0.6) is 0 Å². The van der Waals surface area contributed by atoms with E-state index in [-0.39, 0.29) is 0 Å². The van der Waals surface area contributed by atoms with Gasteiger partial charge in [-0.05, 0) is 41.7 Å². The lowest BCUT2D eigenvalue weighted by Crippen LogP contribution is -2.29. The fraction of sp³-hybridized carbons (Fsp3) is 0.750. The normalized spacial score (nSPS) is 15.4. The molecule has 3 nitrogen and oxygen atoms in total. The zero-order valence-corrected chi connectivity index (χ0v) is 12.4. The van der Waals surface area contributed by atoms with Crippen molar-refractivity contribution in [3.05, 3.63) is 16.4 Å². The Morgan fingerprint density at radius 2 is 2.06 bits per heavy atom. The molecule has 0 aliphatic heterocycles. The zero-order chi connectivity index (χ0) is 12.3. The Morgan fingerprint density at radius 3 is 2.50 bits per heavy atom. The molecule has 1 rings (SSSR count). The van der Waals surface area contributed by atoms with Crippen molar-refractivity contribution in [1.29, 1.82) is 0 Å². The van der Waals surface area contributed by atoms with Crippen molar-refractivity contribution in [2.75, 3.05) is 7.05 Å². The number of nitrogens with zero attached hydrogens (tertiary/aromatic N) is 2. The lowest BCUT2D eigenvalue weighted by atomic mass is 9.88. The highest BCUT2D eigenvalue weighted by Gasteiger charge is 2.25. The molecule has 0 fully saturated rings. The van der Waals surface area contributed by atoms with Crippen molar-refractivity contribution in [1.82, 2.24) is 15.1 Å². The van der Waals surface area contributed by atoms with E-state index < -0.39 is 0 Å². The lowest BCUT2D eigenvalue weighted by molar-refractivity contribution is 0.302. The first-order chi connectivity index (χ1) is 7.52. The second-order valence-corrected chi connectivity index (χ2v) is 5.42. The van der Waals surface area contributed by atoms with Crippen LogP contribution in [-0.4, -0.2) is 16.8 Å². The molecule has 0 saturated carbocycles. The predicted molar refractivity (Wildman–Crippen MR) is 71.4 cm³/mol. The van der Waals surface area contributed by atoms with Gasteiger partial charge in [0, 0.05) is 6.54 Å². The van der Waals surface area contributed by atoms with E-state index >= 15 is 0 Å². The molecule has 0 saturated heterocycles. The Hall–Kier alpha value is -0.350. The highest BCUT2D eigenvalue weighted by Crippen LogP contribution is 2.31. The number of aromatic nitrogens is 2. The van der Waals surface area contributed by atoms with Gasteiger partial charge in [0.1, 0.15) is 0 Å². The van der Waals surface area contributed by atoms with Crippen LogP contribution in [0, 0.1) is 11.8 Å². The van der Waals surface area contributed by atoms with Crippen LogP contribution in [0.4, 0.5) is 0 Å². The van der Waals surface area contributed by atoms with Crippen LogP contribution in [0.3, 0.4) is 0 Å². The molecule has 0 amide bonds. The summed E-state index contributed by atoms with van der Waals surface area (Å²) in [6.45, 7) is 9.83. The number of rotatable bonds is 5. The second kappa shape index (κ2) is 5.82. The third-order valence-corrected chi connectivity index (χ3v) is 3.93. The molecule has 0 bridgehead atoms. The molecule has 2 atom stereocenters. The Morgan fingerprint density at radius 1 is 1.44 bits per heavy atom. The van der Waals surface area contributed by atoms with E-state index in [1.807, 2.05) is 13.2 Å². The Labute approximate surface area is 107 Å². The molecule has 92 valence electrons. The summed E-state index contributed by atoms with van der Waals surface area (Å²) in [4.78, 5) is 0. The molecule has 0 radical (unpaired) electrons. The first-order valence-corrected chi connectivity index (χ1v) is 6.70. The summed E-state index contributed by atoms with van der Waals surface area (Å²) in [5, 5.41) is 7.78. The van der Waals surface area contributed by atoms with E-state index in [2.05, 4.69) is 58.7 Å². The van der Waals surface area contributed by atoms with Crippen molar-refractivity contribution in [3.63, 3.8) is 0 Å². The summed E-state index contributed by atoms with van der Waals surface area (Å²) in [5.41, 5.74) is 1.26. The van der Waals surface area contributed by atoms with Crippen molar-refractivity contribution >= 4 is 15.9 Å². The van der Waals surface area contributed by atoms with Gasteiger partial charge in [0.15, 0.2) is 0 Å². The SMILES string of the molecule is CCn1ncc(Br)c1C(NC)C(C)C(C)C. The fourth-order valence-corrected chi connectivity index (χ4v) is 2.51. The summed E-state index contributed by atoms with van der Waals surface area (Å²) >= 11 is 3.59. The number of nitrogens with one attached hydrogen (secondary N) is 1. The first-order valence-electron chi connectivity index (χ1n) is 5.91. The summed E-state index contributed by atoms with van der Waals surface area (Å²) in [6, 6.07) is 0.344. The molecule has 0 aliphatic rings. The summed E-state index contributed by atoms with van der Waals surface area (Å²) < 4.78 is 3.16. The molecule has 4 heteroatoms. The molecule has 1 N–H and O–H groups in total. The summed E-state index contributed by atoms with van der Waals surface area (Å²) in [5.74, 6) is 1.22. The quantitative estimate of drug-likeness (QED) is 0.901. The standard InChI is InChI=1S/C12H22BrN3/c1-6-16-12(10(13)7-15-16)11(14-5)9(4)8(2)3/h7-9,11,14H,6H2,1-5H3. The molecule has 0 spiro atoms. The van der Waals surface area contributed by atoms with Gasteiger partial charge in [0.05, 0.1) is 22.4 Å². The van der Waals surface area contributed by atoms with Crippen molar-refractivity contribution in [3.8, 4) is 0 Å². The third kappa shape index (κ3) is 2.66. The maximum atomic E-state index is 4.37. The number of hydrogen-bond acceptors (Lipinski definition) is 2. The maximum Gasteiger partial charge on any atom is 0.0698 e. The van der Waals surface area contributed by atoms with E-state index in [4.69, 9.17) is 0 Å². The van der Waals surface area contributed by atoms with Gasteiger partial charge < -0.3 is 5.32 Å². The summed E-state index contributed by atoms with van der Waals surface area (Å²) in [6.07, 6.45) is 1.89. The van der Waals surface area contributed by atoms with Crippen LogP contribution >= 0.6 is 15.9 Å². The molecule has 1 aromatic rings. The highest BCUT2D eigenvalue weighted by atomic mass is 79.9. The molecular formula is C12H22BrN3. The first kappa shape index (κ1) is 13.7. The van der Waals surface area contributed by atoms with Gasteiger partial charge in [-0.25, -0.2) is 0 Å². The van der Waals surface area contributed by atoms with Gasteiger partial charge >= 0.3 is 0 Å². The predicted octanol–water partition coefficient (Wildman–Crippen LogP) is 3.22. The largest absolute Gasteiger partial charge is 0.311 e. The van der Waals surface area contributed by atoms with E-state index in [1.165, 1.54) is 5.69 Å². The smallest absolute Gasteiger partial charge is 0.0698 e. The topological polar surface area (TPSA) is 29.9 Å². The Kier molecular flexibility index (Phi) is 4.99. The maximum absolute atomic E-state index is 4.37. The van der Waals surface area contributed by atoms with Crippen LogP contribution in [0.15, 0.2) is 10.7 Å². The van der Waals surface area contributed by atoms with Crippen molar-refractivity contribution in [2.45, 2.75) is 40.3 Å². The van der Waals surface area contributed by atoms with Crippen molar-refractivity contribution in [2.24, 2.45) is 11.8 Å². The van der Waals surface area contributed by atoms with Crippen LogP contribution in [-0.2, 0) is 6.54 Å². The Balaban J connectivity index is 3.07. The minimum Gasteiger partial charge on any atom is -0.311 e. The molecule has 1 heterocycles. The van der Waals surface area contributed by atoms with Gasteiger partial charge in [-0.3, -0.25) is 4.68 Å². The Bertz CT molecular complexity index is 333. The minimum absolute atomic E-state index is 0.344. The van der Waals surface area contributed by atoms with E-state index in [1.54, 1.807) is 0 Å². The molecule has 2 unspecified atom stereocenters. The van der Waals surface area contributed by atoms with Crippen LogP contribution in [0.2, 0.25) is 0 Å². The lowest BCUT2D eigenvalue weighted by Gasteiger charge is -2.27. The average molecular weight is 288 g/mol. The molecule has 0 aliphatic carbocycles. The third-order valence-electron chi connectivity index (χ3n) is 3.32. The highest BCUT2D eigenvalue weighted by molar-refractivity contribution is 9.10. The molecule has 0 aromatic carbocycles. The van der Waals surface area contributed by atoms with Gasteiger partial charge in [0.2, 0.25) is 0 Å². The van der Waals surface area contributed by atoms with E-state index in [9.17, 15) is 0 Å². The van der Waals surface area contributed by atoms with Gasteiger partial charge in [-0.1, -0.05) is 20.8 Å². The molecule has 16 heavy (non-hydrogen) atoms. The average Bonchev–Trinajstić information content (AvgIpc) is 2.61. The van der Waals surface area contributed by atoms with Crippen LogP contribution in [0.25, 0.3) is 0 Å². The van der Waals surface area contributed by atoms with Crippen LogP contribution < -0.4 is 5.32 Å². The number of halogens is 1. The fourth-order valence-electron chi connectivity index (χ4n) is 1.97.